The molecule has 0 heterocycles. The third-order valence-electron chi connectivity index (χ3n) is 2.70. The van der Waals surface area contributed by atoms with Crippen LogP contribution < -0.4 is 5.73 Å². The Bertz CT molecular complexity index is 708. The Morgan fingerprint density at radius 1 is 1.19 bits per heavy atom. The van der Waals surface area contributed by atoms with Gasteiger partial charge in [0.15, 0.2) is 0 Å². The summed E-state index contributed by atoms with van der Waals surface area (Å²) in [5.41, 5.74) is 4.96. The Balaban J connectivity index is 2.16. The number of carbonyl (C=O) groups is 1. The molecule has 0 aliphatic rings. The van der Waals surface area contributed by atoms with Crippen LogP contribution in [0.3, 0.4) is 0 Å². The van der Waals surface area contributed by atoms with Crippen molar-refractivity contribution in [1.29, 1.82) is 0 Å². The fourth-order valence-electron chi connectivity index (χ4n) is 1.60. The highest BCUT2D eigenvalue weighted by molar-refractivity contribution is 6.42. The second-order valence-electron chi connectivity index (χ2n) is 4.14. The molecule has 0 unspecified atom stereocenters. The van der Waals surface area contributed by atoms with Crippen molar-refractivity contribution in [3.8, 4) is 0 Å². The Morgan fingerprint density at radius 2 is 1.90 bits per heavy atom. The van der Waals surface area contributed by atoms with Crippen molar-refractivity contribution in [3.63, 3.8) is 0 Å². The number of ether oxygens (including phenoxy) is 1. The highest BCUT2D eigenvalue weighted by Gasteiger charge is 2.17. The lowest BCUT2D eigenvalue weighted by Gasteiger charge is -2.09. The monoisotopic (exact) mass is 331 g/mol. The lowest BCUT2D eigenvalue weighted by Crippen LogP contribution is -2.09. The Kier molecular flexibility index (Phi) is 4.65. The minimum atomic E-state index is -1.05. The maximum atomic E-state index is 13.5. The minimum absolute atomic E-state index is 0.199. The van der Waals surface area contributed by atoms with Crippen LogP contribution in [0, 0.1) is 11.6 Å². The minimum Gasteiger partial charge on any atom is -0.457 e. The van der Waals surface area contributed by atoms with E-state index >= 15 is 0 Å². The molecule has 0 aromatic heterocycles. The highest BCUT2D eigenvalue weighted by atomic mass is 35.5. The predicted molar refractivity (Wildman–Crippen MR) is 76.4 cm³/mol. The number of nitrogen functional groups attached to an aromatic ring is 1. The third-order valence-corrected chi connectivity index (χ3v) is 3.55. The number of rotatable bonds is 3. The standard InChI is InChI=1S/C14H9Cl2F2NO2/c15-9-3-1-2-7(13(9)16)6-21-14(20)8-4-12(19)11(18)5-10(8)17/h1-5H,6,19H2. The van der Waals surface area contributed by atoms with E-state index in [1.54, 1.807) is 18.2 Å². The van der Waals surface area contributed by atoms with Crippen molar-refractivity contribution < 1.29 is 18.3 Å². The molecule has 0 saturated heterocycles. The zero-order valence-electron chi connectivity index (χ0n) is 10.5. The fourth-order valence-corrected chi connectivity index (χ4v) is 1.98. The molecule has 0 bridgehead atoms. The lowest BCUT2D eigenvalue weighted by molar-refractivity contribution is 0.0467. The van der Waals surface area contributed by atoms with Crippen molar-refractivity contribution in [2.75, 3.05) is 5.73 Å². The summed E-state index contributed by atoms with van der Waals surface area (Å²) in [6.45, 7) is -0.199. The molecule has 0 aliphatic carbocycles. The summed E-state index contributed by atoms with van der Waals surface area (Å²) >= 11 is 11.8. The molecule has 0 fully saturated rings. The number of esters is 1. The van der Waals surface area contributed by atoms with Gasteiger partial charge in [0.2, 0.25) is 0 Å². The van der Waals surface area contributed by atoms with E-state index < -0.39 is 23.2 Å². The van der Waals surface area contributed by atoms with Crippen LogP contribution in [0.1, 0.15) is 15.9 Å². The molecule has 2 aromatic rings. The van der Waals surface area contributed by atoms with Gasteiger partial charge in [-0.25, -0.2) is 13.6 Å². The molecule has 0 atom stereocenters. The van der Waals surface area contributed by atoms with Crippen LogP contribution in [0.5, 0.6) is 0 Å². The van der Waals surface area contributed by atoms with E-state index in [1.165, 1.54) is 0 Å². The maximum absolute atomic E-state index is 13.5. The number of nitrogens with two attached hydrogens (primary N) is 1. The van der Waals surface area contributed by atoms with Gasteiger partial charge in [-0.05, 0) is 12.1 Å². The smallest absolute Gasteiger partial charge is 0.341 e. The second-order valence-corrected chi connectivity index (χ2v) is 4.93. The maximum Gasteiger partial charge on any atom is 0.341 e. The van der Waals surface area contributed by atoms with Gasteiger partial charge in [-0.15, -0.1) is 0 Å². The quantitative estimate of drug-likeness (QED) is 0.677. The molecular weight excluding hydrogens is 323 g/mol. The van der Waals surface area contributed by atoms with Crippen LogP contribution in [-0.4, -0.2) is 5.97 Å². The van der Waals surface area contributed by atoms with Crippen molar-refractivity contribution >= 4 is 34.9 Å². The molecule has 3 nitrogen and oxygen atoms in total. The molecule has 0 saturated carbocycles. The number of hydrogen-bond donors (Lipinski definition) is 1. The van der Waals surface area contributed by atoms with Crippen LogP contribution >= 0.6 is 23.2 Å². The summed E-state index contributed by atoms with van der Waals surface area (Å²) in [6.07, 6.45) is 0. The number of anilines is 1. The fraction of sp³-hybridized carbons (Fsp3) is 0.0714. The number of halogens is 4. The van der Waals surface area contributed by atoms with Gasteiger partial charge in [-0.1, -0.05) is 35.3 Å². The lowest BCUT2D eigenvalue weighted by atomic mass is 10.2. The zero-order valence-corrected chi connectivity index (χ0v) is 12.0. The van der Waals surface area contributed by atoms with Gasteiger partial charge in [0.25, 0.3) is 0 Å². The van der Waals surface area contributed by atoms with Crippen LogP contribution in [0.4, 0.5) is 14.5 Å². The molecule has 7 heteroatoms. The molecule has 2 N–H and O–H groups in total. The van der Waals surface area contributed by atoms with Crippen molar-refractivity contribution in [1.82, 2.24) is 0 Å². The normalized spacial score (nSPS) is 10.5. The first-order chi connectivity index (χ1) is 9.90. The van der Waals surface area contributed by atoms with Gasteiger partial charge in [0.1, 0.15) is 18.2 Å². The number of carbonyl (C=O) groups excluding carboxylic acids is 1. The van der Waals surface area contributed by atoms with E-state index in [-0.39, 0.29) is 17.3 Å². The highest BCUT2D eigenvalue weighted by Crippen LogP contribution is 2.26. The van der Waals surface area contributed by atoms with Crippen LogP contribution in [0.2, 0.25) is 10.0 Å². The summed E-state index contributed by atoms with van der Waals surface area (Å²) in [5.74, 6) is -2.97. The van der Waals surface area contributed by atoms with Gasteiger partial charge < -0.3 is 10.5 Å². The Hall–Kier alpha value is -1.85. The Labute approximate surface area is 129 Å². The predicted octanol–water partition coefficient (Wildman–Crippen LogP) is 4.21. The van der Waals surface area contributed by atoms with E-state index in [4.69, 9.17) is 33.7 Å². The van der Waals surface area contributed by atoms with E-state index in [2.05, 4.69) is 0 Å². The number of hydrogen-bond acceptors (Lipinski definition) is 3. The first-order valence-corrected chi connectivity index (χ1v) is 6.50. The second kappa shape index (κ2) is 6.28. The van der Waals surface area contributed by atoms with Gasteiger partial charge >= 0.3 is 5.97 Å². The average Bonchev–Trinajstić information content (AvgIpc) is 2.44. The summed E-state index contributed by atoms with van der Waals surface area (Å²) in [4.78, 5) is 11.8. The summed E-state index contributed by atoms with van der Waals surface area (Å²) in [6, 6.07) is 6.23. The summed E-state index contributed by atoms with van der Waals surface area (Å²) < 4.78 is 31.5. The van der Waals surface area contributed by atoms with Crippen molar-refractivity contribution in [2.45, 2.75) is 6.61 Å². The van der Waals surface area contributed by atoms with Gasteiger partial charge in [0.05, 0.1) is 21.3 Å². The van der Waals surface area contributed by atoms with Gasteiger partial charge in [-0.2, -0.15) is 0 Å². The van der Waals surface area contributed by atoms with Gasteiger partial charge in [0, 0.05) is 11.6 Å². The van der Waals surface area contributed by atoms with Crippen LogP contribution in [0.25, 0.3) is 0 Å². The van der Waals surface area contributed by atoms with E-state index in [0.717, 1.165) is 6.07 Å². The molecular formula is C14H9Cl2F2NO2. The van der Waals surface area contributed by atoms with Gasteiger partial charge in [-0.3, -0.25) is 0 Å². The van der Waals surface area contributed by atoms with Crippen LogP contribution in [-0.2, 0) is 11.3 Å². The largest absolute Gasteiger partial charge is 0.457 e. The molecule has 110 valence electrons. The molecule has 2 aromatic carbocycles. The Morgan fingerprint density at radius 3 is 2.62 bits per heavy atom. The topological polar surface area (TPSA) is 52.3 Å². The zero-order chi connectivity index (χ0) is 15.6. The van der Waals surface area contributed by atoms with E-state index in [1.807, 2.05) is 0 Å². The molecule has 0 aliphatic heterocycles. The average molecular weight is 332 g/mol. The van der Waals surface area contributed by atoms with Crippen molar-refractivity contribution in [2.24, 2.45) is 0 Å². The first kappa shape index (κ1) is 15.5. The molecule has 0 spiro atoms. The molecule has 2 rings (SSSR count). The van der Waals surface area contributed by atoms with E-state index in [9.17, 15) is 13.6 Å². The third kappa shape index (κ3) is 3.43. The first-order valence-electron chi connectivity index (χ1n) is 5.74. The molecule has 0 radical (unpaired) electrons. The summed E-state index contributed by atoms with van der Waals surface area (Å²) in [5, 5.41) is 0.550. The molecule has 0 amide bonds. The molecule has 21 heavy (non-hydrogen) atoms. The SMILES string of the molecule is Nc1cc(C(=O)OCc2cccc(Cl)c2Cl)c(F)cc1F. The van der Waals surface area contributed by atoms with E-state index in [0.29, 0.717) is 16.7 Å². The number of benzene rings is 2. The van der Waals surface area contributed by atoms with Crippen LogP contribution in [0.15, 0.2) is 30.3 Å². The van der Waals surface area contributed by atoms with Crippen molar-refractivity contribution in [3.05, 3.63) is 63.1 Å². The summed E-state index contributed by atoms with van der Waals surface area (Å²) in [7, 11) is 0.